The number of carbonyl (C=O) groups is 4. The van der Waals surface area contributed by atoms with E-state index >= 15 is 0 Å². The van der Waals surface area contributed by atoms with Crippen molar-refractivity contribution in [3.8, 4) is 0 Å². The SMILES string of the molecule is COC(=O)C(C(=O)OC)C(=O)c1ccccc1NC(C)=O. The summed E-state index contributed by atoms with van der Waals surface area (Å²) in [6, 6.07) is 6.03. The molecule has 0 aliphatic rings. The Morgan fingerprint density at radius 3 is 2.00 bits per heavy atom. The second-order valence-electron chi connectivity index (χ2n) is 4.07. The molecule has 0 bridgehead atoms. The predicted molar refractivity (Wildman–Crippen MR) is 72.6 cm³/mol. The smallest absolute Gasteiger partial charge is 0.328 e. The molecule has 1 N–H and O–H groups in total. The molecule has 0 aromatic heterocycles. The topological polar surface area (TPSA) is 98.8 Å². The van der Waals surface area contributed by atoms with Crippen LogP contribution in [-0.4, -0.2) is 37.8 Å². The van der Waals surface area contributed by atoms with Gasteiger partial charge in [-0.25, -0.2) is 0 Å². The maximum atomic E-state index is 12.4. The molecular weight excluding hydrogens is 278 g/mol. The summed E-state index contributed by atoms with van der Waals surface area (Å²) in [6.07, 6.45) is 0. The molecule has 7 nitrogen and oxygen atoms in total. The Bertz CT molecular complexity index is 565. The van der Waals surface area contributed by atoms with E-state index in [1.165, 1.54) is 19.1 Å². The van der Waals surface area contributed by atoms with Gasteiger partial charge < -0.3 is 14.8 Å². The highest BCUT2D eigenvalue weighted by Gasteiger charge is 2.37. The van der Waals surface area contributed by atoms with Gasteiger partial charge in [0.2, 0.25) is 11.8 Å². The quantitative estimate of drug-likeness (QED) is 0.489. The Labute approximate surface area is 121 Å². The fraction of sp³-hybridized carbons (Fsp3) is 0.286. The normalized spacial score (nSPS) is 9.90. The number of esters is 2. The zero-order valence-electron chi connectivity index (χ0n) is 11.8. The van der Waals surface area contributed by atoms with Gasteiger partial charge in [-0.05, 0) is 12.1 Å². The molecule has 0 fully saturated rings. The standard InChI is InChI=1S/C14H15NO6/c1-8(16)15-10-7-5-4-6-9(10)12(17)11(13(18)20-2)14(19)21-3/h4-7,11H,1-3H3,(H,15,16). The molecule has 0 heterocycles. The summed E-state index contributed by atoms with van der Waals surface area (Å²) in [5, 5.41) is 2.46. The number of hydrogen-bond donors (Lipinski definition) is 1. The number of ketones is 1. The highest BCUT2D eigenvalue weighted by Crippen LogP contribution is 2.20. The summed E-state index contributed by atoms with van der Waals surface area (Å²) in [4.78, 5) is 46.8. The highest BCUT2D eigenvalue weighted by atomic mass is 16.5. The monoisotopic (exact) mass is 293 g/mol. The molecule has 0 saturated carbocycles. The van der Waals surface area contributed by atoms with Gasteiger partial charge in [0.1, 0.15) is 0 Å². The molecule has 0 aliphatic carbocycles. The average molecular weight is 293 g/mol. The zero-order chi connectivity index (χ0) is 16.0. The minimum atomic E-state index is -1.73. The average Bonchev–Trinajstić information content (AvgIpc) is 2.46. The minimum Gasteiger partial charge on any atom is -0.468 e. The van der Waals surface area contributed by atoms with Crippen LogP contribution in [0.5, 0.6) is 0 Å². The third-order valence-electron chi connectivity index (χ3n) is 2.64. The van der Waals surface area contributed by atoms with Crippen molar-refractivity contribution in [2.75, 3.05) is 19.5 Å². The first kappa shape index (κ1) is 16.4. The first-order valence-electron chi connectivity index (χ1n) is 5.98. The number of Topliss-reactive ketones (excluding diaryl/α,β-unsaturated/α-hetero) is 1. The number of benzene rings is 1. The van der Waals surface area contributed by atoms with Crippen LogP contribution >= 0.6 is 0 Å². The van der Waals surface area contributed by atoms with Crippen molar-refractivity contribution in [2.45, 2.75) is 6.92 Å². The Balaban J connectivity index is 3.24. The third-order valence-corrected chi connectivity index (χ3v) is 2.64. The van der Waals surface area contributed by atoms with Crippen molar-refractivity contribution >= 4 is 29.3 Å². The maximum absolute atomic E-state index is 12.4. The van der Waals surface area contributed by atoms with Gasteiger partial charge in [-0.3, -0.25) is 19.2 Å². The molecule has 1 aromatic rings. The molecule has 21 heavy (non-hydrogen) atoms. The van der Waals surface area contributed by atoms with E-state index in [0.717, 1.165) is 14.2 Å². The first-order valence-corrected chi connectivity index (χ1v) is 5.98. The lowest BCUT2D eigenvalue weighted by Gasteiger charge is -2.14. The molecule has 0 radical (unpaired) electrons. The van der Waals surface area contributed by atoms with Crippen LogP contribution in [-0.2, 0) is 23.9 Å². The third kappa shape index (κ3) is 3.88. The van der Waals surface area contributed by atoms with E-state index in [4.69, 9.17) is 0 Å². The molecular formula is C14H15NO6. The van der Waals surface area contributed by atoms with Crippen LogP contribution in [0.4, 0.5) is 5.69 Å². The van der Waals surface area contributed by atoms with Crippen molar-refractivity contribution in [2.24, 2.45) is 5.92 Å². The summed E-state index contributed by atoms with van der Waals surface area (Å²) < 4.78 is 8.90. The van der Waals surface area contributed by atoms with Gasteiger partial charge in [0.25, 0.3) is 0 Å². The van der Waals surface area contributed by atoms with E-state index in [2.05, 4.69) is 14.8 Å². The summed E-state index contributed by atoms with van der Waals surface area (Å²) >= 11 is 0. The van der Waals surface area contributed by atoms with Crippen molar-refractivity contribution in [1.82, 2.24) is 0 Å². The van der Waals surface area contributed by atoms with Crippen LogP contribution in [0.15, 0.2) is 24.3 Å². The van der Waals surface area contributed by atoms with Gasteiger partial charge in [0, 0.05) is 12.5 Å². The summed E-state index contributed by atoms with van der Waals surface area (Å²) in [6.45, 7) is 1.28. The largest absolute Gasteiger partial charge is 0.468 e. The molecule has 0 unspecified atom stereocenters. The van der Waals surface area contributed by atoms with Crippen molar-refractivity contribution < 1.29 is 28.7 Å². The van der Waals surface area contributed by atoms with Crippen LogP contribution in [0.25, 0.3) is 0 Å². The molecule has 7 heteroatoms. The lowest BCUT2D eigenvalue weighted by molar-refractivity contribution is -0.155. The number of carbonyl (C=O) groups excluding carboxylic acids is 4. The summed E-state index contributed by atoms with van der Waals surface area (Å²) in [5.41, 5.74) is 0.223. The number of amides is 1. The lowest BCUT2D eigenvalue weighted by Crippen LogP contribution is -2.34. The predicted octanol–water partition coefficient (Wildman–Crippen LogP) is 0.790. The number of anilines is 1. The number of ether oxygens (including phenoxy) is 2. The number of para-hydroxylation sites is 1. The van der Waals surface area contributed by atoms with E-state index in [-0.39, 0.29) is 17.2 Å². The molecule has 0 atom stereocenters. The Hall–Kier alpha value is -2.70. The van der Waals surface area contributed by atoms with Crippen molar-refractivity contribution in [3.63, 3.8) is 0 Å². The minimum absolute atomic E-state index is 0.0218. The van der Waals surface area contributed by atoms with Crippen LogP contribution in [0.2, 0.25) is 0 Å². The second-order valence-corrected chi connectivity index (χ2v) is 4.07. The van der Waals surface area contributed by atoms with E-state index in [1.54, 1.807) is 12.1 Å². The number of rotatable bonds is 5. The molecule has 0 spiro atoms. The van der Waals surface area contributed by atoms with Crippen molar-refractivity contribution in [3.05, 3.63) is 29.8 Å². The van der Waals surface area contributed by atoms with E-state index in [1.807, 2.05) is 0 Å². The molecule has 112 valence electrons. The second kappa shape index (κ2) is 7.18. The zero-order valence-corrected chi connectivity index (χ0v) is 11.8. The van der Waals surface area contributed by atoms with Gasteiger partial charge in [0.15, 0.2) is 5.78 Å². The summed E-state index contributed by atoms with van der Waals surface area (Å²) in [7, 11) is 2.12. The van der Waals surface area contributed by atoms with Gasteiger partial charge in [-0.2, -0.15) is 0 Å². The molecule has 0 aliphatic heterocycles. The molecule has 1 aromatic carbocycles. The summed E-state index contributed by atoms with van der Waals surface area (Å²) in [5.74, 6) is -4.97. The van der Waals surface area contributed by atoms with Gasteiger partial charge in [-0.1, -0.05) is 12.1 Å². The lowest BCUT2D eigenvalue weighted by atomic mass is 9.96. The van der Waals surface area contributed by atoms with Crippen LogP contribution in [0.3, 0.4) is 0 Å². The van der Waals surface area contributed by atoms with Crippen LogP contribution in [0, 0.1) is 5.92 Å². The van der Waals surface area contributed by atoms with Crippen LogP contribution < -0.4 is 5.32 Å². The first-order chi connectivity index (χ1) is 9.92. The van der Waals surface area contributed by atoms with Crippen molar-refractivity contribution in [1.29, 1.82) is 0 Å². The Morgan fingerprint density at radius 1 is 1.00 bits per heavy atom. The highest BCUT2D eigenvalue weighted by molar-refractivity contribution is 6.22. The fourth-order valence-electron chi connectivity index (χ4n) is 1.70. The Kier molecular flexibility index (Phi) is 5.59. The molecule has 1 amide bonds. The number of methoxy groups -OCH3 is 2. The molecule has 0 saturated heterocycles. The van der Waals surface area contributed by atoms with Crippen LogP contribution in [0.1, 0.15) is 17.3 Å². The van der Waals surface area contributed by atoms with E-state index < -0.39 is 23.6 Å². The van der Waals surface area contributed by atoms with Gasteiger partial charge in [-0.15, -0.1) is 0 Å². The fourth-order valence-corrected chi connectivity index (χ4v) is 1.70. The van der Waals surface area contributed by atoms with Gasteiger partial charge >= 0.3 is 11.9 Å². The Morgan fingerprint density at radius 2 is 1.52 bits per heavy atom. The maximum Gasteiger partial charge on any atom is 0.328 e. The molecule has 1 rings (SSSR count). The van der Waals surface area contributed by atoms with E-state index in [0.29, 0.717) is 0 Å². The number of hydrogen-bond acceptors (Lipinski definition) is 6. The van der Waals surface area contributed by atoms with Gasteiger partial charge in [0.05, 0.1) is 19.9 Å². The van der Waals surface area contributed by atoms with E-state index in [9.17, 15) is 19.2 Å². The number of nitrogens with one attached hydrogen (secondary N) is 1.